The van der Waals surface area contributed by atoms with Crippen molar-refractivity contribution in [3.05, 3.63) is 205 Å². The van der Waals surface area contributed by atoms with E-state index in [9.17, 15) is 0 Å². The molecule has 0 N–H and O–H groups in total. The summed E-state index contributed by atoms with van der Waals surface area (Å²) in [6.07, 6.45) is 3.66. The van der Waals surface area contributed by atoms with Crippen molar-refractivity contribution >= 4 is 5.57 Å². The summed E-state index contributed by atoms with van der Waals surface area (Å²) in [6, 6.07) is 52.3. The Balaban J connectivity index is 1.14. The molecule has 50 heavy (non-hydrogen) atoms. The maximum Gasteiger partial charge on any atom is 0.186 e. The molecule has 236 valence electrons. The maximum absolute atomic E-state index is 7.03. The highest BCUT2D eigenvalue weighted by Crippen LogP contribution is 2.58. The zero-order valence-electron chi connectivity index (χ0n) is 27.3. The van der Waals surface area contributed by atoms with Crippen molar-refractivity contribution in [2.45, 2.75) is 5.60 Å². The third kappa shape index (κ3) is 4.57. The van der Waals surface area contributed by atoms with Crippen LogP contribution < -0.4 is 0 Å². The third-order valence-corrected chi connectivity index (χ3v) is 9.69. The van der Waals surface area contributed by atoms with E-state index in [1.165, 1.54) is 0 Å². The van der Waals surface area contributed by atoms with Crippen molar-refractivity contribution in [1.29, 1.82) is 0 Å². The molecule has 7 aromatic rings. The van der Waals surface area contributed by atoms with Crippen LogP contribution in [0, 0.1) is 0 Å². The lowest BCUT2D eigenvalue weighted by molar-refractivity contribution is 0.0809. The van der Waals surface area contributed by atoms with Crippen LogP contribution >= 0.6 is 0 Å². The van der Waals surface area contributed by atoms with Crippen LogP contribution in [0.1, 0.15) is 22.3 Å². The molecule has 1 unspecified atom stereocenters. The molecule has 1 atom stereocenters. The number of aromatic nitrogens is 3. The largest absolute Gasteiger partial charge is 0.472 e. The molecule has 0 amide bonds. The molecule has 1 aromatic heterocycles. The van der Waals surface area contributed by atoms with Crippen molar-refractivity contribution in [2.24, 2.45) is 0 Å². The van der Waals surface area contributed by atoms with Gasteiger partial charge < -0.3 is 4.74 Å². The van der Waals surface area contributed by atoms with Crippen LogP contribution in [-0.2, 0) is 10.3 Å². The highest BCUT2D eigenvalue weighted by atomic mass is 16.5. The van der Waals surface area contributed by atoms with E-state index in [0.29, 0.717) is 17.5 Å². The number of allylic oxidation sites excluding steroid dienone is 3. The van der Waals surface area contributed by atoms with Crippen LogP contribution in [0.15, 0.2) is 183 Å². The first-order chi connectivity index (χ1) is 24.7. The zero-order valence-corrected chi connectivity index (χ0v) is 27.3. The molecule has 1 aliphatic carbocycles. The second-order valence-corrected chi connectivity index (χ2v) is 12.4. The van der Waals surface area contributed by atoms with Crippen LogP contribution in [0.25, 0.3) is 62.0 Å². The van der Waals surface area contributed by atoms with Gasteiger partial charge >= 0.3 is 0 Å². The molecule has 2 aliphatic rings. The molecule has 1 spiro atoms. The monoisotopic (exact) mass is 641 g/mol. The summed E-state index contributed by atoms with van der Waals surface area (Å²) in [5.41, 5.74) is 11.9. The molecule has 2 heterocycles. The molecule has 4 nitrogen and oxygen atoms in total. The fraction of sp³-hybridized carbons (Fsp3) is 0.0217. The molecule has 0 radical (unpaired) electrons. The first-order valence-corrected chi connectivity index (χ1v) is 16.7. The number of hydrogen-bond acceptors (Lipinski definition) is 4. The minimum atomic E-state index is -0.799. The van der Waals surface area contributed by atoms with E-state index in [4.69, 9.17) is 19.7 Å². The first-order valence-electron chi connectivity index (χ1n) is 16.7. The summed E-state index contributed by atoms with van der Waals surface area (Å²) < 4.78 is 7.03. The number of benzene rings is 6. The van der Waals surface area contributed by atoms with E-state index in [-0.39, 0.29) is 0 Å². The van der Waals surface area contributed by atoms with Gasteiger partial charge in [0.1, 0.15) is 5.76 Å². The Morgan fingerprint density at radius 1 is 0.420 bits per heavy atom. The molecule has 4 heteroatoms. The first kappa shape index (κ1) is 29.5. The van der Waals surface area contributed by atoms with Crippen LogP contribution in [0.5, 0.6) is 0 Å². The van der Waals surface area contributed by atoms with Crippen molar-refractivity contribution in [3.63, 3.8) is 0 Å². The normalized spacial score (nSPS) is 15.5. The van der Waals surface area contributed by atoms with Crippen LogP contribution in [0.2, 0.25) is 0 Å². The number of fused-ring (bicyclic) bond motifs is 7. The minimum Gasteiger partial charge on any atom is -0.472 e. The summed E-state index contributed by atoms with van der Waals surface area (Å²) >= 11 is 0. The lowest BCUT2D eigenvalue weighted by Crippen LogP contribution is -2.34. The van der Waals surface area contributed by atoms with Gasteiger partial charge in [-0.05, 0) is 40.0 Å². The van der Waals surface area contributed by atoms with Gasteiger partial charge in [0.15, 0.2) is 23.1 Å². The number of ether oxygens (including phenoxy) is 1. The highest BCUT2D eigenvalue weighted by Gasteiger charge is 2.50. The van der Waals surface area contributed by atoms with Crippen molar-refractivity contribution in [1.82, 2.24) is 15.0 Å². The molecule has 0 bridgehead atoms. The van der Waals surface area contributed by atoms with Crippen LogP contribution in [0.4, 0.5) is 0 Å². The van der Waals surface area contributed by atoms with Gasteiger partial charge in [-0.2, -0.15) is 0 Å². The Labute approximate surface area is 291 Å². The zero-order chi connectivity index (χ0) is 33.7. The number of nitrogens with zero attached hydrogens (tertiary/aromatic N) is 3. The average Bonchev–Trinajstić information content (AvgIpc) is 3.47. The number of rotatable bonds is 6. The molecular formula is C46H31N3O. The van der Waals surface area contributed by atoms with E-state index in [1.54, 1.807) is 6.08 Å². The predicted molar refractivity (Wildman–Crippen MR) is 202 cm³/mol. The smallest absolute Gasteiger partial charge is 0.186 e. The molecule has 1 aliphatic heterocycles. The van der Waals surface area contributed by atoms with Gasteiger partial charge in [0.05, 0.1) is 0 Å². The van der Waals surface area contributed by atoms with E-state index in [2.05, 4.69) is 104 Å². The van der Waals surface area contributed by atoms with E-state index in [1.807, 2.05) is 66.7 Å². The van der Waals surface area contributed by atoms with Gasteiger partial charge in [0, 0.05) is 39.0 Å². The minimum absolute atomic E-state index is 0.632. The molecule has 0 saturated heterocycles. The molecule has 6 aromatic carbocycles. The van der Waals surface area contributed by atoms with Crippen LogP contribution in [0.3, 0.4) is 0 Å². The highest BCUT2D eigenvalue weighted by molar-refractivity contribution is 5.90. The van der Waals surface area contributed by atoms with Gasteiger partial charge in [-0.15, -0.1) is 0 Å². The Morgan fingerprint density at radius 2 is 0.880 bits per heavy atom. The summed E-state index contributed by atoms with van der Waals surface area (Å²) in [5.74, 6) is 2.65. The third-order valence-electron chi connectivity index (χ3n) is 9.69. The lowest BCUT2D eigenvalue weighted by Gasteiger charge is -2.39. The number of hydrogen-bond donors (Lipinski definition) is 0. The Kier molecular flexibility index (Phi) is 6.96. The fourth-order valence-electron chi connectivity index (χ4n) is 7.37. The Morgan fingerprint density at radius 3 is 1.46 bits per heavy atom. The second kappa shape index (κ2) is 11.8. The van der Waals surface area contributed by atoms with Gasteiger partial charge in [-0.3, -0.25) is 0 Å². The summed E-state index contributed by atoms with van der Waals surface area (Å²) in [7, 11) is 0. The Hall–Kier alpha value is -6.65. The lowest BCUT2D eigenvalue weighted by atomic mass is 9.77. The molecular weight excluding hydrogens is 611 g/mol. The average molecular weight is 642 g/mol. The van der Waals surface area contributed by atoms with Gasteiger partial charge in [-0.25, -0.2) is 15.0 Å². The fourth-order valence-corrected chi connectivity index (χ4v) is 7.37. The van der Waals surface area contributed by atoms with E-state index >= 15 is 0 Å². The molecule has 0 saturated carbocycles. The molecule has 9 rings (SSSR count). The van der Waals surface area contributed by atoms with Gasteiger partial charge in [0.2, 0.25) is 0 Å². The summed E-state index contributed by atoms with van der Waals surface area (Å²) in [6.45, 7) is 8.20. The second-order valence-electron chi connectivity index (χ2n) is 12.4. The predicted octanol–water partition coefficient (Wildman–Crippen LogP) is 10.9. The van der Waals surface area contributed by atoms with E-state index in [0.717, 1.165) is 72.5 Å². The Bertz CT molecular complexity index is 2430. The topological polar surface area (TPSA) is 47.9 Å². The summed E-state index contributed by atoms with van der Waals surface area (Å²) in [4.78, 5) is 14.7. The summed E-state index contributed by atoms with van der Waals surface area (Å²) in [5, 5.41) is 0. The van der Waals surface area contributed by atoms with Crippen molar-refractivity contribution in [2.75, 3.05) is 0 Å². The SMILES string of the molecule is C=CC1=C(C=C)c2ccccc2C2(O1)c1ccccc1-c1cc(-c3ccc(-c4nc(-c5ccccc5)nc(-c5ccccc5)n4)cc3)ccc12. The molecule has 0 fully saturated rings. The van der Waals surface area contributed by atoms with Crippen LogP contribution in [-0.4, -0.2) is 15.0 Å². The quantitative estimate of drug-likeness (QED) is 0.181. The standard InChI is InChI=1S/C46H31N3O/c1-3-35-36-19-11-13-21-39(36)46(50-42(35)4-2)40-22-14-12-20-37(40)38-29-34(27-28-41(38)46)30-23-25-33(26-24-30)45-48-43(31-15-7-5-8-16-31)47-44(49-45)32-17-9-6-10-18-32/h3-29H,1-2H2. The van der Waals surface area contributed by atoms with Crippen molar-refractivity contribution < 1.29 is 4.74 Å². The van der Waals surface area contributed by atoms with Crippen molar-refractivity contribution in [3.8, 4) is 56.4 Å². The van der Waals surface area contributed by atoms with Gasteiger partial charge in [-0.1, -0.05) is 165 Å². The maximum atomic E-state index is 7.03. The van der Waals surface area contributed by atoms with Gasteiger partial charge in [0.25, 0.3) is 0 Å². The van der Waals surface area contributed by atoms with E-state index < -0.39 is 5.60 Å².